The SMILES string of the molecule is CC(C)C[C@](N=O)(C(=O)O)c1ccccn1. The zero-order chi connectivity index (χ0) is 12.2. The van der Waals surface area contributed by atoms with Crippen LogP contribution in [-0.2, 0) is 10.3 Å². The van der Waals surface area contributed by atoms with Crippen LogP contribution >= 0.6 is 0 Å². The van der Waals surface area contributed by atoms with Crippen molar-refractivity contribution >= 4 is 5.97 Å². The van der Waals surface area contributed by atoms with E-state index in [0.717, 1.165) is 0 Å². The summed E-state index contributed by atoms with van der Waals surface area (Å²) in [6, 6.07) is 4.82. The van der Waals surface area contributed by atoms with Gasteiger partial charge in [0.1, 0.15) is 0 Å². The normalized spacial score (nSPS) is 14.4. The first kappa shape index (κ1) is 12.3. The molecule has 1 aromatic rings. The number of aromatic nitrogens is 1. The van der Waals surface area contributed by atoms with Gasteiger partial charge in [0, 0.05) is 6.20 Å². The zero-order valence-electron chi connectivity index (χ0n) is 9.25. The average Bonchev–Trinajstić information content (AvgIpc) is 2.26. The molecular weight excluding hydrogens is 208 g/mol. The highest BCUT2D eigenvalue weighted by atomic mass is 16.4. The Kier molecular flexibility index (Phi) is 3.71. The summed E-state index contributed by atoms with van der Waals surface area (Å²) in [6.07, 6.45) is 1.60. The van der Waals surface area contributed by atoms with E-state index in [1.54, 1.807) is 12.1 Å². The molecule has 5 heteroatoms. The van der Waals surface area contributed by atoms with Gasteiger partial charge in [-0.3, -0.25) is 4.98 Å². The Morgan fingerprint density at radius 1 is 1.56 bits per heavy atom. The Hall–Kier alpha value is -1.78. The highest BCUT2D eigenvalue weighted by Gasteiger charge is 2.44. The molecule has 0 aliphatic carbocycles. The molecule has 0 unspecified atom stereocenters. The van der Waals surface area contributed by atoms with E-state index in [9.17, 15) is 14.8 Å². The second kappa shape index (κ2) is 4.83. The maximum absolute atomic E-state index is 11.3. The largest absolute Gasteiger partial charge is 0.479 e. The van der Waals surface area contributed by atoms with Crippen molar-refractivity contribution < 1.29 is 9.90 Å². The van der Waals surface area contributed by atoms with Crippen molar-refractivity contribution in [3.63, 3.8) is 0 Å². The highest BCUT2D eigenvalue weighted by Crippen LogP contribution is 2.31. The second-order valence-electron chi connectivity index (χ2n) is 4.07. The lowest BCUT2D eigenvalue weighted by molar-refractivity contribution is -0.144. The lowest BCUT2D eigenvalue weighted by atomic mass is 9.86. The fourth-order valence-corrected chi connectivity index (χ4v) is 1.62. The maximum Gasteiger partial charge on any atom is 0.341 e. The van der Waals surface area contributed by atoms with Crippen molar-refractivity contribution in [2.45, 2.75) is 25.8 Å². The molecule has 1 atom stereocenters. The highest BCUT2D eigenvalue weighted by molar-refractivity contribution is 5.80. The van der Waals surface area contributed by atoms with Crippen molar-refractivity contribution in [2.75, 3.05) is 0 Å². The quantitative estimate of drug-likeness (QED) is 0.774. The molecule has 16 heavy (non-hydrogen) atoms. The Labute approximate surface area is 93.5 Å². The molecule has 0 bridgehead atoms. The van der Waals surface area contributed by atoms with Gasteiger partial charge in [-0.2, -0.15) is 0 Å². The standard InChI is InChI=1S/C11H14N2O3/c1-8(2)7-11(13-16,10(14)15)9-5-3-4-6-12-9/h3-6,8H,7H2,1-2H3,(H,14,15)/t11-/m1/s1. The van der Waals surface area contributed by atoms with Crippen LogP contribution in [0.15, 0.2) is 29.6 Å². The van der Waals surface area contributed by atoms with E-state index in [0.29, 0.717) is 0 Å². The number of hydrogen-bond acceptors (Lipinski definition) is 4. The van der Waals surface area contributed by atoms with Crippen LogP contribution in [0, 0.1) is 10.8 Å². The lowest BCUT2D eigenvalue weighted by Crippen LogP contribution is -2.35. The van der Waals surface area contributed by atoms with Gasteiger partial charge in [-0.25, -0.2) is 4.79 Å². The third kappa shape index (κ3) is 2.24. The average molecular weight is 222 g/mol. The van der Waals surface area contributed by atoms with E-state index >= 15 is 0 Å². The minimum Gasteiger partial charge on any atom is -0.479 e. The summed E-state index contributed by atoms with van der Waals surface area (Å²) in [5.41, 5.74) is -1.58. The van der Waals surface area contributed by atoms with Gasteiger partial charge < -0.3 is 5.11 Å². The molecule has 0 spiro atoms. The van der Waals surface area contributed by atoms with E-state index in [1.807, 2.05) is 13.8 Å². The van der Waals surface area contributed by atoms with Crippen LogP contribution in [0.25, 0.3) is 0 Å². The molecule has 0 saturated heterocycles. The van der Waals surface area contributed by atoms with Crippen LogP contribution in [0.5, 0.6) is 0 Å². The fraction of sp³-hybridized carbons (Fsp3) is 0.455. The Morgan fingerprint density at radius 2 is 2.25 bits per heavy atom. The summed E-state index contributed by atoms with van der Waals surface area (Å²) < 4.78 is 0. The van der Waals surface area contributed by atoms with E-state index in [2.05, 4.69) is 10.2 Å². The van der Waals surface area contributed by atoms with Gasteiger partial charge >= 0.3 is 5.97 Å². The number of nitrogens with zero attached hydrogens (tertiary/aromatic N) is 2. The molecule has 1 heterocycles. The number of carboxylic acid groups (broad SMARTS) is 1. The molecule has 1 rings (SSSR count). The van der Waals surface area contributed by atoms with Crippen LogP contribution in [0.2, 0.25) is 0 Å². The van der Waals surface area contributed by atoms with Gasteiger partial charge in [0.25, 0.3) is 0 Å². The Bertz CT molecular complexity index is 378. The Balaban J connectivity index is 3.23. The van der Waals surface area contributed by atoms with Crippen LogP contribution in [0.1, 0.15) is 26.0 Å². The van der Waals surface area contributed by atoms with Crippen LogP contribution < -0.4 is 0 Å². The van der Waals surface area contributed by atoms with Crippen LogP contribution in [0.4, 0.5) is 0 Å². The van der Waals surface area contributed by atoms with E-state index < -0.39 is 11.5 Å². The molecule has 1 aromatic heterocycles. The third-order valence-corrected chi connectivity index (χ3v) is 2.30. The molecule has 0 fully saturated rings. The first-order valence-electron chi connectivity index (χ1n) is 5.02. The molecular formula is C11H14N2O3. The van der Waals surface area contributed by atoms with Gasteiger partial charge in [0.2, 0.25) is 5.54 Å². The molecule has 0 saturated carbocycles. The van der Waals surface area contributed by atoms with Crippen molar-refractivity contribution in [3.8, 4) is 0 Å². The van der Waals surface area contributed by atoms with Crippen LogP contribution in [0.3, 0.4) is 0 Å². The first-order valence-corrected chi connectivity index (χ1v) is 5.02. The molecule has 0 aromatic carbocycles. The molecule has 0 amide bonds. The van der Waals surface area contributed by atoms with Gasteiger partial charge in [-0.15, -0.1) is 4.91 Å². The molecule has 86 valence electrons. The zero-order valence-corrected chi connectivity index (χ0v) is 9.25. The summed E-state index contributed by atoms with van der Waals surface area (Å²) in [5.74, 6) is -1.22. The maximum atomic E-state index is 11.3. The number of pyridine rings is 1. The minimum atomic E-state index is -1.77. The molecule has 0 radical (unpaired) electrons. The van der Waals surface area contributed by atoms with E-state index in [1.165, 1.54) is 12.3 Å². The van der Waals surface area contributed by atoms with Crippen molar-refractivity contribution in [1.29, 1.82) is 0 Å². The minimum absolute atomic E-state index is 0.0378. The van der Waals surface area contributed by atoms with E-state index in [4.69, 9.17) is 0 Å². The molecule has 1 N–H and O–H groups in total. The van der Waals surface area contributed by atoms with Gasteiger partial charge in [0.15, 0.2) is 0 Å². The number of carbonyl (C=O) groups is 1. The Morgan fingerprint density at radius 3 is 2.62 bits per heavy atom. The monoisotopic (exact) mass is 222 g/mol. The fourth-order valence-electron chi connectivity index (χ4n) is 1.62. The number of carboxylic acids is 1. The van der Waals surface area contributed by atoms with Gasteiger partial charge in [-0.1, -0.05) is 19.9 Å². The third-order valence-electron chi connectivity index (χ3n) is 2.30. The summed E-state index contributed by atoms with van der Waals surface area (Å²) >= 11 is 0. The molecule has 0 aliphatic rings. The number of nitroso groups, excluding NO2 is 1. The summed E-state index contributed by atoms with van der Waals surface area (Å²) in [7, 11) is 0. The summed E-state index contributed by atoms with van der Waals surface area (Å²) in [6.45, 7) is 3.68. The smallest absolute Gasteiger partial charge is 0.341 e. The number of rotatable bonds is 5. The number of aliphatic carboxylic acids is 1. The second-order valence-corrected chi connectivity index (χ2v) is 4.07. The first-order chi connectivity index (χ1) is 7.53. The topological polar surface area (TPSA) is 79.6 Å². The van der Waals surface area contributed by atoms with Gasteiger partial charge in [0.05, 0.1) is 5.69 Å². The van der Waals surface area contributed by atoms with Crippen LogP contribution in [-0.4, -0.2) is 16.1 Å². The van der Waals surface area contributed by atoms with Crippen molar-refractivity contribution in [3.05, 3.63) is 35.0 Å². The molecule has 5 nitrogen and oxygen atoms in total. The lowest BCUT2D eigenvalue weighted by Gasteiger charge is -2.22. The predicted molar refractivity (Wildman–Crippen MR) is 58.8 cm³/mol. The number of hydrogen-bond donors (Lipinski definition) is 1. The van der Waals surface area contributed by atoms with Crippen molar-refractivity contribution in [1.82, 2.24) is 4.98 Å². The summed E-state index contributed by atoms with van der Waals surface area (Å²) in [5, 5.41) is 12.0. The van der Waals surface area contributed by atoms with E-state index in [-0.39, 0.29) is 18.0 Å². The predicted octanol–water partition coefficient (Wildman–Crippen LogP) is 2.17. The van der Waals surface area contributed by atoms with Gasteiger partial charge in [-0.05, 0) is 29.6 Å². The summed E-state index contributed by atoms with van der Waals surface area (Å²) in [4.78, 5) is 26.1. The van der Waals surface area contributed by atoms with Crippen molar-refractivity contribution in [2.24, 2.45) is 11.1 Å². The molecule has 0 aliphatic heterocycles.